The second-order valence-corrected chi connectivity index (χ2v) is 5.68. The molecule has 2 aromatic carbocycles. The maximum absolute atomic E-state index is 10.1. The monoisotopic (exact) mass is 331 g/mol. The summed E-state index contributed by atoms with van der Waals surface area (Å²) in [4.78, 5) is 0. The van der Waals surface area contributed by atoms with Crippen molar-refractivity contribution in [3.8, 4) is 5.75 Å². The van der Waals surface area contributed by atoms with Crippen molar-refractivity contribution in [2.75, 3.05) is 19.7 Å². The summed E-state index contributed by atoms with van der Waals surface area (Å²) in [5, 5.41) is 14.9. The number of nitrogens with one attached hydrogen (secondary N) is 1. The molecule has 0 fully saturated rings. The normalized spacial score (nSPS) is 12.4. The van der Waals surface area contributed by atoms with Crippen LogP contribution in [0.1, 0.15) is 11.7 Å². The van der Waals surface area contributed by atoms with E-state index in [1.165, 1.54) is 0 Å². The first-order valence-electron chi connectivity index (χ1n) is 7.47. The van der Waals surface area contributed by atoms with E-state index in [4.69, 9.17) is 20.8 Å². The van der Waals surface area contributed by atoms with Crippen LogP contribution in [0.5, 0.6) is 5.75 Å². The summed E-state index contributed by atoms with van der Waals surface area (Å²) in [6, 6.07) is 14.9. The molecule has 0 spiro atoms. The van der Waals surface area contributed by atoms with E-state index in [0.29, 0.717) is 24.7 Å². The van der Waals surface area contributed by atoms with Crippen molar-refractivity contribution in [3.63, 3.8) is 0 Å². The Kier molecular flexibility index (Phi) is 5.18. The molecule has 3 aromatic rings. The van der Waals surface area contributed by atoms with Crippen LogP contribution >= 0.6 is 11.6 Å². The molecule has 0 unspecified atom stereocenters. The van der Waals surface area contributed by atoms with E-state index in [9.17, 15) is 5.11 Å². The zero-order valence-electron chi connectivity index (χ0n) is 12.5. The van der Waals surface area contributed by atoms with E-state index in [1.807, 2.05) is 36.4 Å². The zero-order valence-corrected chi connectivity index (χ0v) is 13.3. The van der Waals surface area contributed by atoms with Crippen LogP contribution in [0.2, 0.25) is 5.02 Å². The second kappa shape index (κ2) is 7.51. The average Bonchev–Trinajstić information content (AvgIpc) is 3.02. The Bertz CT molecular complexity index is 772. The Hall–Kier alpha value is -2.01. The van der Waals surface area contributed by atoms with Gasteiger partial charge in [0.25, 0.3) is 0 Å². The van der Waals surface area contributed by atoms with Gasteiger partial charge in [0.1, 0.15) is 17.9 Å². The predicted molar refractivity (Wildman–Crippen MR) is 91.0 cm³/mol. The van der Waals surface area contributed by atoms with Gasteiger partial charge in [-0.1, -0.05) is 23.7 Å². The van der Waals surface area contributed by atoms with Crippen molar-refractivity contribution < 1.29 is 14.3 Å². The first-order chi connectivity index (χ1) is 11.2. The van der Waals surface area contributed by atoms with Gasteiger partial charge in [-0.3, -0.25) is 0 Å². The third-order valence-corrected chi connectivity index (χ3v) is 3.78. The Morgan fingerprint density at radius 1 is 1.17 bits per heavy atom. The number of ether oxygens (including phenoxy) is 1. The molecule has 0 amide bonds. The van der Waals surface area contributed by atoms with Crippen LogP contribution in [0.4, 0.5) is 0 Å². The molecule has 5 heteroatoms. The summed E-state index contributed by atoms with van der Waals surface area (Å²) in [6.07, 6.45) is 1.07. The predicted octanol–water partition coefficient (Wildman–Crippen LogP) is 3.79. The Morgan fingerprint density at radius 3 is 2.96 bits per heavy atom. The van der Waals surface area contributed by atoms with Gasteiger partial charge in [-0.05, 0) is 42.0 Å². The molecule has 23 heavy (non-hydrogen) atoms. The molecule has 0 aliphatic rings. The van der Waals surface area contributed by atoms with Crippen molar-refractivity contribution >= 4 is 22.6 Å². The van der Waals surface area contributed by atoms with Crippen LogP contribution < -0.4 is 10.1 Å². The molecular weight excluding hydrogens is 314 g/mol. The van der Waals surface area contributed by atoms with Gasteiger partial charge in [-0.25, -0.2) is 0 Å². The third-order valence-electron chi connectivity index (χ3n) is 3.54. The van der Waals surface area contributed by atoms with Gasteiger partial charge in [0.15, 0.2) is 0 Å². The standard InChI is InChI=1S/C18H18ClNO3/c19-15-3-1-2-13(10-15)17(21)12-20-7-9-22-16-4-5-18-14(11-16)6-8-23-18/h1-6,8,10-11,17,20-21H,7,9,12H2/t17-/m0/s1. The summed E-state index contributed by atoms with van der Waals surface area (Å²) >= 11 is 5.92. The molecule has 0 aliphatic heterocycles. The lowest BCUT2D eigenvalue weighted by molar-refractivity contribution is 0.172. The molecule has 4 nitrogen and oxygen atoms in total. The third kappa shape index (κ3) is 4.26. The van der Waals surface area contributed by atoms with Gasteiger partial charge in [-0.2, -0.15) is 0 Å². The summed E-state index contributed by atoms with van der Waals surface area (Å²) < 4.78 is 11.0. The van der Waals surface area contributed by atoms with E-state index in [2.05, 4.69) is 5.32 Å². The number of furan rings is 1. The van der Waals surface area contributed by atoms with E-state index in [1.54, 1.807) is 18.4 Å². The number of aliphatic hydroxyl groups excluding tert-OH is 1. The van der Waals surface area contributed by atoms with Crippen LogP contribution in [0, 0.1) is 0 Å². The zero-order chi connectivity index (χ0) is 16.1. The van der Waals surface area contributed by atoms with Crippen LogP contribution in [-0.4, -0.2) is 24.8 Å². The lowest BCUT2D eigenvalue weighted by Gasteiger charge is -2.13. The van der Waals surface area contributed by atoms with E-state index in [0.717, 1.165) is 22.3 Å². The fourth-order valence-corrected chi connectivity index (χ4v) is 2.54. The molecule has 120 valence electrons. The van der Waals surface area contributed by atoms with Crippen molar-refractivity contribution in [2.24, 2.45) is 0 Å². The summed E-state index contributed by atoms with van der Waals surface area (Å²) in [5.74, 6) is 0.802. The highest BCUT2D eigenvalue weighted by Crippen LogP contribution is 2.21. The molecule has 0 saturated carbocycles. The highest BCUT2D eigenvalue weighted by molar-refractivity contribution is 6.30. The van der Waals surface area contributed by atoms with Crippen molar-refractivity contribution in [1.29, 1.82) is 0 Å². The van der Waals surface area contributed by atoms with Crippen molar-refractivity contribution in [2.45, 2.75) is 6.10 Å². The van der Waals surface area contributed by atoms with E-state index < -0.39 is 6.10 Å². The molecule has 3 rings (SSSR count). The summed E-state index contributed by atoms with van der Waals surface area (Å²) in [5.41, 5.74) is 1.65. The minimum Gasteiger partial charge on any atom is -0.492 e. The second-order valence-electron chi connectivity index (χ2n) is 5.24. The molecule has 1 aromatic heterocycles. The Labute approximate surface area is 139 Å². The summed E-state index contributed by atoms with van der Waals surface area (Å²) in [7, 11) is 0. The number of fused-ring (bicyclic) bond motifs is 1. The fraction of sp³-hybridized carbons (Fsp3) is 0.222. The average molecular weight is 332 g/mol. The maximum Gasteiger partial charge on any atom is 0.134 e. The van der Waals surface area contributed by atoms with Crippen molar-refractivity contribution in [3.05, 3.63) is 65.4 Å². The highest BCUT2D eigenvalue weighted by Gasteiger charge is 2.07. The molecule has 1 heterocycles. The lowest BCUT2D eigenvalue weighted by atomic mass is 10.1. The van der Waals surface area contributed by atoms with Gasteiger partial charge >= 0.3 is 0 Å². The minimum absolute atomic E-state index is 0.449. The number of rotatable bonds is 7. The smallest absolute Gasteiger partial charge is 0.134 e. The lowest BCUT2D eigenvalue weighted by Crippen LogP contribution is -2.26. The topological polar surface area (TPSA) is 54.6 Å². The Morgan fingerprint density at radius 2 is 2.09 bits per heavy atom. The van der Waals surface area contributed by atoms with Crippen molar-refractivity contribution in [1.82, 2.24) is 5.32 Å². The first kappa shape index (κ1) is 15.9. The molecular formula is C18H18ClNO3. The maximum atomic E-state index is 10.1. The van der Waals surface area contributed by atoms with Crippen LogP contribution in [0.15, 0.2) is 59.2 Å². The quantitative estimate of drug-likeness (QED) is 0.647. The molecule has 1 atom stereocenters. The molecule has 0 aliphatic carbocycles. The molecule has 0 saturated heterocycles. The SMILES string of the molecule is O[C@@H](CNCCOc1ccc2occc2c1)c1cccc(Cl)c1. The van der Waals surface area contributed by atoms with Crippen LogP contribution in [-0.2, 0) is 0 Å². The number of hydrogen-bond acceptors (Lipinski definition) is 4. The van der Waals surface area contributed by atoms with Gasteiger partial charge in [-0.15, -0.1) is 0 Å². The van der Waals surface area contributed by atoms with Gasteiger partial charge in [0.05, 0.1) is 12.4 Å². The van der Waals surface area contributed by atoms with Crippen LogP contribution in [0.25, 0.3) is 11.0 Å². The Balaban J connectivity index is 1.41. The summed E-state index contributed by atoms with van der Waals surface area (Å²) in [6.45, 7) is 1.61. The fourth-order valence-electron chi connectivity index (χ4n) is 2.35. The van der Waals surface area contributed by atoms with Crippen LogP contribution in [0.3, 0.4) is 0 Å². The van der Waals surface area contributed by atoms with Gasteiger partial charge in [0, 0.05) is 23.5 Å². The molecule has 0 bridgehead atoms. The first-order valence-corrected chi connectivity index (χ1v) is 7.84. The molecule has 2 N–H and O–H groups in total. The number of aliphatic hydroxyl groups is 1. The van der Waals surface area contributed by atoms with E-state index in [-0.39, 0.29) is 0 Å². The number of halogens is 1. The number of benzene rings is 2. The van der Waals surface area contributed by atoms with E-state index >= 15 is 0 Å². The highest BCUT2D eigenvalue weighted by atomic mass is 35.5. The van der Waals surface area contributed by atoms with Gasteiger partial charge in [0.2, 0.25) is 0 Å². The minimum atomic E-state index is -0.587. The molecule has 0 radical (unpaired) electrons. The number of hydrogen-bond donors (Lipinski definition) is 2. The van der Waals surface area contributed by atoms with Gasteiger partial charge < -0.3 is 19.6 Å². The largest absolute Gasteiger partial charge is 0.492 e.